The van der Waals surface area contributed by atoms with Crippen molar-refractivity contribution in [3.8, 4) is 17.6 Å². The lowest BCUT2D eigenvalue weighted by Gasteiger charge is -2.18. The Morgan fingerprint density at radius 1 is 1.20 bits per heavy atom. The zero-order valence-electron chi connectivity index (χ0n) is 24.7. The van der Waals surface area contributed by atoms with Gasteiger partial charge in [0.15, 0.2) is 0 Å². The molecule has 0 aliphatic carbocycles. The Bertz CT molecular complexity index is 1690. The summed E-state index contributed by atoms with van der Waals surface area (Å²) < 4.78 is 22.6. The summed E-state index contributed by atoms with van der Waals surface area (Å²) in [6.07, 6.45) is 6.96. The number of nitrogens with one attached hydrogen (secondary N) is 3. The molecule has 0 unspecified atom stereocenters. The molecule has 1 amide bonds. The van der Waals surface area contributed by atoms with Gasteiger partial charge in [-0.3, -0.25) is 14.8 Å². The highest BCUT2D eigenvalue weighted by atomic mass is 35.5. The summed E-state index contributed by atoms with van der Waals surface area (Å²) in [6, 6.07) is 16.6. The minimum atomic E-state index is -0.331. The van der Waals surface area contributed by atoms with Gasteiger partial charge in [-0.05, 0) is 36.4 Å². The molecule has 1 aliphatic heterocycles. The second-order valence-corrected chi connectivity index (χ2v) is 10.5. The van der Waals surface area contributed by atoms with Gasteiger partial charge in [-0.2, -0.15) is 5.26 Å². The number of pyridine rings is 2. The monoisotopic (exact) mass is 628 g/mol. The largest absolute Gasteiger partial charge is 0.486 e. The van der Waals surface area contributed by atoms with Crippen LogP contribution in [0.15, 0.2) is 73.1 Å². The lowest BCUT2D eigenvalue weighted by Crippen LogP contribution is -2.20. The number of hydrogen-bond donors (Lipinski definition) is 3. The van der Waals surface area contributed by atoms with Gasteiger partial charge >= 0.3 is 0 Å². The van der Waals surface area contributed by atoms with Crippen LogP contribution >= 0.6 is 11.6 Å². The third-order valence-corrected chi connectivity index (χ3v) is 7.14. The number of nitrogens with zero attached hydrogens (tertiary/aromatic N) is 3. The molecule has 1 aliphatic rings. The SMILES string of the molecule is COCCNC/C=C/C(=O)Nc1cc2c(Nc3ccc(OCc4ccccn4)c(Cl)c3)c(C#N)cnc2cc1O[C@H]1CCOC1. The number of benzene rings is 2. The summed E-state index contributed by atoms with van der Waals surface area (Å²) >= 11 is 6.56. The van der Waals surface area contributed by atoms with Crippen LogP contribution in [0.3, 0.4) is 0 Å². The van der Waals surface area contributed by atoms with Gasteiger partial charge in [0.2, 0.25) is 5.91 Å². The maximum absolute atomic E-state index is 12.9. The maximum atomic E-state index is 12.9. The van der Waals surface area contributed by atoms with E-state index in [2.05, 4.69) is 32.0 Å². The van der Waals surface area contributed by atoms with E-state index in [9.17, 15) is 10.1 Å². The number of anilines is 3. The Balaban J connectivity index is 1.41. The van der Waals surface area contributed by atoms with Crippen LogP contribution in [0.4, 0.5) is 17.1 Å². The predicted molar refractivity (Wildman–Crippen MR) is 172 cm³/mol. The van der Waals surface area contributed by atoms with Crippen molar-refractivity contribution in [2.24, 2.45) is 0 Å². The lowest BCUT2D eigenvalue weighted by atomic mass is 10.1. The third kappa shape index (κ3) is 8.68. The van der Waals surface area contributed by atoms with E-state index in [1.165, 1.54) is 12.3 Å². The van der Waals surface area contributed by atoms with Crippen LogP contribution in [0.25, 0.3) is 10.9 Å². The average molecular weight is 629 g/mol. The number of ether oxygens (including phenoxy) is 4. The number of hydrogen-bond acceptors (Lipinski definition) is 10. The highest BCUT2D eigenvalue weighted by Gasteiger charge is 2.21. The molecular weight excluding hydrogens is 596 g/mol. The molecule has 0 bridgehead atoms. The number of halogens is 1. The van der Waals surface area contributed by atoms with Crippen LogP contribution in [0.2, 0.25) is 5.02 Å². The van der Waals surface area contributed by atoms with E-state index in [4.69, 9.17) is 30.5 Å². The molecule has 0 radical (unpaired) electrons. The first-order valence-electron chi connectivity index (χ1n) is 14.4. The molecule has 2 aromatic carbocycles. The zero-order valence-corrected chi connectivity index (χ0v) is 25.5. The summed E-state index contributed by atoms with van der Waals surface area (Å²) in [5.41, 5.74) is 3.23. The molecule has 45 heavy (non-hydrogen) atoms. The Labute approximate surface area is 266 Å². The van der Waals surface area contributed by atoms with Crippen LogP contribution in [-0.4, -0.2) is 62.0 Å². The normalized spacial score (nSPS) is 14.4. The Morgan fingerprint density at radius 3 is 2.87 bits per heavy atom. The van der Waals surface area contributed by atoms with Crippen molar-refractivity contribution in [2.75, 3.05) is 50.7 Å². The van der Waals surface area contributed by atoms with E-state index in [0.29, 0.717) is 83.0 Å². The number of aromatic nitrogens is 2. The number of amides is 1. The van der Waals surface area contributed by atoms with Gasteiger partial charge in [-0.1, -0.05) is 23.7 Å². The van der Waals surface area contributed by atoms with Crippen molar-refractivity contribution in [3.05, 3.63) is 89.4 Å². The summed E-state index contributed by atoms with van der Waals surface area (Å²) in [5.74, 6) is 0.624. The Hall–Kier alpha value is -4.73. The van der Waals surface area contributed by atoms with E-state index < -0.39 is 0 Å². The zero-order chi connectivity index (χ0) is 31.4. The van der Waals surface area contributed by atoms with E-state index in [1.807, 2.05) is 18.2 Å². The molecule has 3 N–H and O–H groups in total. The van der Waals surface area contributed by atoms with Crippen molar-refractivity contribution in [1.82, 2.24) is 15.3 Å². The van der Waals surface area contributed by atoms with E-state index in [-0.39, 0.29) is 18.6 Å². The quantitative estimate of drug-likeness (QED) is 0.123. The van der Waals surface area contributed by atoms with Crippen molar-refractivity contribution in [3.63, 3.8) is 0 Å². The van der Waals surface area contributed by atoms with Crippen molar-refractivity contribution < 1.29 is 23.7 Å². The van der Waals surface area contributed by atoms with Gasteiger partial charge < -0.3 is 34.9 Å². The van der Waals surface area contributed by atoms with Crippen LogP contribution in [0.5, 0.6) is 11.5 Å². The Morgan fingerprint density at radius 2 is 2.11 bits per heavy atom. The highest BCUT2D eigenvalue weighted by molar-refractivity contribution is 6.32. The molecule has 4 aromatic rings. The number of fused-ring (bicyclic) bond motifs is 1. The summed E-state index contributed by atoms with van der Waals surface area (Å²) in [7, 11) is 1.63. The number of nitriles is 1. The first-order valence-corrected chi connectivity index (χ1v) is 14.8. The summed E-state index contributed by atoms with van der Waals surface area (Å²) in [4.78, 5) is 21.7. The predicted octanol–water partition coefficient (Wildman–Crippen LogP) is 5.38. The molecule has 2 aromatic heterocycles. The standard InChI is InChI=1S/C33H33ClN6O5/c1-42-14-12-36-10-4-6-32(41)40-29-16-26-28(17-31(29)45-25-9-13-43-21-25)38-19-22(18-35)33(26)39-23-7-8-30(27(34)15-23)44-20-24-5-2-3-11-37-24/h2-8,11,15-17,19,25,36H,9-10,12-14,20-21H2,1H3,(H,38,39)(H,40,41)/b6-4+/t25-/m0/s1. The number of carbonyl (C=O) groups excluding carboxylic acids is 1. The number of rotatable bonds is 14. The lowest BCUT2D eigenvalue weighted by molar-refractivity contribution is -0.111. The van der Waals surface area contributed by atoms with E-state index in [0.717, 1.165) is 12.1 Å². The summed E-state index contributed by atoms with van der Waals surface area (Å²) in [6.45, 7) is 3.09. The second-order valence-electron chi connectivity index (χ2n) is 10.1. The van der Waals surface area contributed by atoms with Crippen LogP contribution in [-0.2, 0) is 20.9 Å². The molecule has 0 spiro atoms. The maximum Gasteiger partial charge on any atom is 0.248 e. The smallest absolute Gasteiger partial charge is 0.248 e. The second kappa shape index (κ2) is 15.8. The molecule has 5 rings (SSSR count). The minimum Gasteiger partial charge on any atom is -0.486 e. The molecule has 232 valence electrons. The van der Waals surface area contributed by atoms with Gasteiger partial charge in [-0.25, -0.2) is 0 Å². The molecular formula is C33H33ClN6O5. The molecule has 1 saturated heterocycles. The van der Waals surface area contributed by atoms with Crippen molar-refractivity contribution in [1.29, 1.82) is 5.26 Å². The van der Waals surface area contributed by atoms with Crippen LogP contribution < -0.4 is 25.4 Å². The van der Waals surface area contributed by atoms with Crippen molar-refractivity contribution in [2.45, 2.75) is 19.1 Å². The fourth-order valence-corrected chi connectivity index (χ4v) is 4.83. The number of methoxy groups -OCH3 is 1. The minimum absolute atomic E-state index is 0.157. The summed E-state index contributed by atoms with van der Waals surface area (Å²) in [5, 5.41) is 20.4. The van der Waals surface area contributed by atoms with Gasteiger partial charge in [-0.15, -0.1) is 0 Å². The average Bonchev–Trinajstić information content (AvgIpc) is 3.56. The molecule has 1 atom stereocenters. The third-order valence-electron chi connectivity index (χ3n) is 6.85. The van der Waals surface area contributed by atoms with E-state index in [1.54, 1.807) is 49.7 Å². The number of carbonyl (C=O) groups is 1. The van der Waals surface area contributed by atoms with Crippen LogP contribution in [0, 0.1) is 11.3 Å². The fourth-order valence-electron chi connectivity index (χ4n) is 4.60. The first kappa shape index (κ1) is 31.7. The first-order chi connectivity index (χ1) is 22.0. The van der Waals surface area contributed by atoms with Gasteiger partial charge in [0, 0.05) is 62.2 Å². The topological polar surface area (TPSA) is 140 Å². The van der Waals surface area contributed by atoms with Gasteiger partial charge in [0.1, 0.15) is 30.3 Å². The highest BCUT2D eigenvalue weighted by Crippen LogP contribution is 2.38. The van der Waals surface area contributed by atoms with Crippen LogP contribution in [0.1, 0.15) is 17.7 Å². The molecule has 11 nitrogen and oxygen atoms in total. The molecule has 0 saturated carbocycles. The Kier molecular flexibility index (Phi) is 11.1. The fraction of sp³-hybridized carbons (Fsp3) is 0.273. The van der Waals surface area contributed by atoms with E-state index >= 15 is 0 Å². The molecule has 3 heterocycles. The van der Waals surface area contributed by atoms with Gasteiger partial charge in [0.25, 0.3) is 0 Å². The molecule has 12 heteroatoms. The molecule has 1 fully saturated rings. The van der Waals surface area contributed by atoms with Crippen molar-refractivity contribution >= 4 is 45.5 Å². The van der Waals surface area contributed by atoms with Gasteiger partial charge in [0.05, 0.1) is 53.0 Å².